The van der Waals surface area contributed by atoms with Gasteiger partial charge in [-0.2, -0.15) is 0 Å². The standard InChI is InChI=1S/C12H22N2O2S/c1-8(2)16-7-6-14(5)12-13-9(3)11(17-12)10(4)15/h8,10,15H,6-7H2,1-5H3. The Morgan fingerprint density at radius 3 is 2.53 bits per heavy atom. The topological polar surface area (TPSA) is 45.6 Å². The van der Waals surface area contributed by atoms with Crippen molar-refractivity contribution in [2.75, 3.05) is 25.1 Å². The molecule has 5 heteroatoms. The third-order valence-electron chi connectivity index (χ3n) is 2.41. The fourth-order valence-electron chi connectivity index (χ4n) is 1.47. The van der Waals surface area contributed by atoms with E-state index in [0.717, 1.165) is 22.2 Å². The van der Waals surface area contributed by atoms with E-state index in [2.05, 4.69) is 9.88 Å². The molecule has 1 unspecified atom stereocenters. The third-order valence-corrected chi connectivity index (χ3v) is 3.85. The molecule has 0 aliphatic carbocycles. The lowest BCUT2D eigenvalue weighted by molar-refractivity contribution is 0.0846. The molecule has 1 atom stereocenters. The Balaban J connectivity index is 2.57. The summed E-state index contributed by atoms with van der Waals surface area (Å²) in [7, 11) is 1.99. The van der Waals surface area contributed by atoms with Gasteiger partial charge in [0.1, 0.15) is 0 Å². The molecule has 0 aliphatic heterocycles. The zero-order chi connectivity index (χ0) is 13.0. The molecule has 0 fully saturated rings. The lowest BCUT2D eigenvalue weighted by Crippen LogP contribution is -2.23. The highest BCUT2D eigenvalue weighted by Crippen LogP contribution is 2.29. The van der Waals surface area contributed by atoms with Crippen LogP contribution in [0.3, 0.4) is 0 Å². The van der Waals surface area contributed by atoms with E-state index in [0.29, 0.717) is 6.61 Å². The summed E-state index contributed by atoms with van der Waals surface area (Å²) < 4.78 is 5.50. The predicted octanol–water partition coefficient (Wildman–Crippen LogP) is 2.37. The van der Waals surface area contributed by atoms with Gasteiger partial charge in [0.25, 0.3) is 0 Å². The first-order valence-electron chi connectivity index (χ1n) is 5.90. The number of anilines is 1. The van der Waals surface area contributed by atoms with Gasteiger partial charge in [-0.05, 0) is 27.7 Å². The minimum absolute atomic E-state index is 0.259. The van der Waals surface area contributed by atoms with Crippen LogP contribution < -0.4 is 4.90 Å². The smallest absolute Gasteiger partial charge is 0.185 e. The first-order valence-corrected chi connectivity index (χ1v) is 6.71. The Morgan fingerprint density at radius 1 is 1.41 bits per heavy atom. The monoisotopic (exact) mass is 258 g/mol. The number of aromatic nitrogens is 1. The molecule has 0 saturated carbocycles. The van der Waals surface area contributed by atoms with Gasteiger partial charge in [0, 0.05) is 13.6 Å². The number of rotatable bonds is 6. The Kier molecular flexibility index (Phi) is 5.36. The highest BCUT2D eigenvalue weighted by Gasteiger charge is 2.14. The zero-order valence-corrected chi connectivity index (χ0v) is 12.0. The highest BCUT2D eigenvalue weighted by atomic mass is 32.1. The van der Waals surface area contributed by atoms with Gasteiger partial charge in [0.15, 0.2) is 5.13 Å². The second-order valence-electron chi connectivity index (χ2n) is 4.46. The van der Waals surface area contributed by atoms with E-state index in [4.69, 9.17) is 4.74 Å². The number of hydrogen-bond acceptors (Lipinski definition) is 5. The van der Waals surface area contributed by atoms with Crippen molar-refractivity contribution in [3.63, 3.8) is 0 Å². The number of aliphatic hydroxyl groups excluding tert-OH is 1. The Hall–Kier alpha value is -0.650. The molecular formula is C12H22N2O2S. The van der Waals surface area contributed by atoms with Crippen LogP contribution in [0.4, 0.5) is 5.13 Å². The minimum Gasteiger partial charge on any atom is -0.388 e. The summed E-state index contributed by atoms with van der Waals surface area (Å²) in [5.41, 5.74) is 0.914. The second kappa shape index (κ2) is 6.33. The van der Waals surface area contributed by atoms with Gasteiger partial charge in [0.2, 0.25) is 0 Å². The SMILES string of the molecule is Cc1nc(N(C)CCOC(C)C)sc1C(C)O. The quantitative estimate of drug-likeness (QED) is 0.851. The Morgan fingerprint density at radius 2 is 2.06 bits per heavy atom. The zero-order valence-electron chi connectivity index (χ0n) is 11.2. The maximum Gasteiger partial charge on any atom is 0.185 e. The van der Waals surface area contributed by atoms with E-state index < -0.39 is 6.10 Å². The second-order valence-corrected chi connectivity index (χ2v) is 5.47. The fourth-order valence-corrected chi connectivity index (χ4v) is 2.46. The van der Waals surface area contributed by atoms with E-state index in [1.807, 2.05) is 27.8 Å². The Labute approximate surface area is 107 Å². The lowest BCUT2D eigenvalue weighted by Gasteiger charge is -2.16. The number of aryl methyl sites for hydroxylation is 1. The van der Waals surface area contributed by atoms with Gasteiger partial charge in [0.05, 0.1) is 29.4 Å². The maximum absolute atomic E-state index is 9.58. The average molecular weight is 258 g/mol. The van der Waals surface area contributed by atoms with Crippen LogP contribution >= 0.6 is 11.3 Å². The molecule has 0 amide bonds. The van der Waals surface area contributed by atoms with Crippen LogP contribution in [0.2, 0.25) is 0 Å². The average Bonchev–Trinajstić information content (AvgIpc) is 2.59. The van der Waals surface area contributed by atoms with E-state index >= 15 is 0 Å². The van der Waals surface area contributed by atoms with Crippen molar-refractivity contribution in [1.29, 1.82) is 0 Å². The molecule has 4 nitrogen and oxygen atoms in total. The first kappa shape index (κ1) is 14.4. The van der Waals surface area contributed by atoms with Crippen LogP contribution in [-0.2, 0) is 4.74 Å². The molecule has 1 aromatic heterocycles. The van der Waals surface area contributed by atoms with Gasteiger partial charge in [-0.3, -0.25) is 0 Å². The predicted molar refractivity (Wildman–Crippen MR) is 71.8 cm³/mol. The molecular weight excluding hydrogens is 236 g/mol. The van der Waals surface area contributed by atoms with Crippen LogP contribution in [0.5, 0.6) is 0 Å². The molecule has 1 heterocycles. The summed E-state index contributed by atoms with van der Waals surface area (Å²) in [6.07, 6.45) is -0.184. The third kappa shape index (κ3) is 4.26. The van der Waals surface area contributed by atoms with Gasteiger partial charge in [-0.1, -0.05) is 11.3 Å². The molecule has 0 aliphatic rings. The summed E-state index contributed by atoms with van der Waals surface area (Å²) in [6, 6.07) is 0. The summed E-state index contributed by atoms with van der Waals surface area (Å²) in [5.74, 6) is 0. The summed E-state index contributed by atoms with van der Waals surface area (Å²) in [5, 5.41) is 10.5. The summed E-state index contributed by atoms with van der Waals surface area (Å²) >= 11 is 1.54. The normalized spacial score (nSPS) is 13.1. The summed E-state index contributed by atoms with van der Waals surface area (Å²) in [4.78, 5) is 7.46. The molecule has 0 saturated heterocycles. The fraction of sp³-hybridized carbons (Fsp3) is 0.750. The number of likely N-dealkylation sites (N-methyl/N-ethyl adjacent to an activating group) is 1. The molecule has 0 bridgehead atoms. The highest BCUT2D eigenvalue weighted by molar-refractivity contribution is 7.15. The van der Waals surface area contributed by atoms with E-state index in [-0.39, 0.29) is 6.10 Å². The molecule has 0 spiro atoms. The van der Waals surface area contributed by atoms with Crippen molar-refractivity contribution in [2.24, 2.45) is 0 Å². The van der Waals surface area contributed by atoms with Crippen molar-refractivity contribution in [1.82, 2.24) is 4.98 Å². The molecule has 17 heavy (non-hydrogen) atoms. The lowest BCUT2D eigenvalue weighted by atomic mass is 10.3. The van der Waals surface area contributed by atoms with E-state index in [9.17, 15) is 5.11 Å². The number of thiazole rings is 1. The van der Waals surface area contributed by atoms with Crippen molar-refractivity contribution in [3.05, 3.63) is 10.6 Å². The molecule has 0 aromatic carbocycles. The summed E-state index contributed by atoms with van der Waals surface area (Å²) in [6.45, 7) is 9.26. The van der Waals surface area contributed by atoms with E-state index in [1.54, 1.807) is 18.3 Å². The molecule has 98 valence electrons. The number of nitrogens with zero attached hydrogens (tertiary/aromatic N) is 2. The van der Waals surface area contributed by atoms with Crippen molar-refractivity contribution in [3.8, 4) is 0 Å². The van der Waals surface area contributed by atoms with E-state index in [1.165, 1.54) is 0 Å². The van der Waals surface area contributed by atoms with Crippen molar-refractivity contribution in [2.45, 2.75) is 39.9 Å². The largest absolute Gasteiger partial charge is 0.388 e. The number of ether oxygens (including phenoxy) is 1. The van der Waals surface area contributed by atoms with Crippen LogP contribution in [0.25, 0.3) is 0 Å². The number of hydrogen-bond donors (Lipinski definition) is 1. The van der Waals surface area contributed by atoms with Crippen LogP contribution in [-0.4, -0.2) is 36.4 Å². The molecule has 1 aromatic rings. The van der Waals surface area contributed by atoms with Crippen molar-refractivity contribution >= 4 is 16.5 Å². The van der Waals surface area contributed by atoms with Crippen LogP contribution in [0.1, 0.15) is 37.4 Å². The van der Waals surface area contributed by atoms with Gasteiger partial charge < -0.3 is 14.7 Å². The maximum atomic E-state index is 9.58. The number of aliphatic hydroxyl groups is 1. The molecule has 1 rings (SSSR count). The van der Waals surface area contributed by atoms with Gasteiger partial charge in [-0.15, -0.1) is 0 Å². The van der Waals surface area contributed by atoms with Gasteiger partial charge >= 0.3 is 0 Å². The molecule has 1 N–H and O–H groups in total. The Bertz CT molecular complexity index is 350. The van der Waals surface area contributed by atoms with Gasteiger partial charge in [-0.25, -0.2) is 4.98 Å². The van der Waals surface area contributed by atoms with Crippen LogP contribution in [0, 0.1) is 6.92 Å². The molecule has 0 radical (unpaired) electrons. The van der Waals surface area contributed by atoms with Crippen LogP contribution in [0.15, 0.2) is 0 Å². The minimum atomic E-state index is -0.443. The first-order chi connectivity index (χ1) is 7.91. The van der Waals surface area contributed by atoms with Crippen molar-refractivity contribution < 1.29 is 9.84 Å².